The molecule has 0 heterocycles. The molecule has 0 aliphatic heterocycles. The van der Waals surface area contributed by atoms with Crippen LogP contribution in [0.2, 0.25) is 5.02 Å². The summed E-state index contributed by atoms with van der Waals surface area (Å²) < 4.78 is -0.115. The van der Waals surface area contributed by atoms with E-state index in [4.69, 9.17) is 11.6 Å². The first kappa shape index (κ1) is 16.4. The standard InChI is InChI=1S/C13H16ClNO2S2/c1-8(16)9-4-5-10(11(14)6-9)7-15-12(17)13(18-2)19-3/h4-6,13H,7H2,1-3H3,(H,15,17). The molecule has 1 rings (SSSR count). The fourth-order valence-electron chi connectivity index (χ4n) is 1.49. The number of benzene rings is 1. The molecule has 0 aliphatic rings. The van der Waals surface area contributed by atoms with Crippen LogP contribution in [0.4, 0.5) is 0 Å². The molecule has 0 fully saturated rings. The van der Waals surface area contributed by atoms with Crippen molar-refractivity contribution in [1.29, 1.82) is 0 Å². The molecule has 19 heavy (non-hydrogen) atoms. The van der Waals surface area contributed by atoms with Crippen LogP contribution in [0.5, 0.6) is 0 Å². The fourth-order valence-corrected chi connectivity index (χ4v) is 3.10. The van der Waals surface area contributed by atoms with Crippen LogP contribution >= 0.6 is 35.1 Å². The van der Waals surface area contributed by atoms with Gasteiger partial charge in [-0.3, -0.25) is 9.59 Å². The van der Waals surface area contributed by atoms with E-state index in [0.29, 0.717) is 17.1 Å². The van der Waals surface area contributed by atoms with E-state index in [0.717, 1.165) is 5.56 Å². The molecule has 1 aromatic carbocycles. The quantitative estimate of drug-likeness (QED) is 0.646. The molecule has 0 atom stereocenters. The number of carbonyl (C=O) groups is 2. The highest BCUT2D eigenvalue weighted by Crippen LogP contribution is 2.20. The van der Waals surface area contributed by atoms with Crippen molar-refractivity contribution in [3.63, 3.8) is 0 Å². The van der Waals surface area contributed by atoms with Crippen molar-refractivity contribution in [2.45, 2.75) is 18.1 Å². The second-order valence-corrected chi connectivity index (χ2v) is 6.47. The highest BCUT2D eigenvalue weighted by Gasteiger charge is 2.15. The van der Waals surface area contributed by atoms with Gasteiger partial charge in [0.15, 0.2) is 5.78 Å². The van der Waals surface area contributed by atoms with Crippen molar-refractivity contribution in [3.05, 3.63) is 34.3 Å². The number of nitrogens with one attached hydrogen (secondary N) is 1. The van der Waals surface area contributed by atoms with E-state index in [2.05, 4.69) is 5.32 Å². The molecule has 3 nitrogen and oxygen atoms in total. The number of thioether (sulfide) groups is 2. The van der Waals surface area contributed by atoms with Crippen LogP contribution in [0.1, 0.15) is 22.8 Å². The van der Waals surface area contributed by atoms with Crippen LogP contribution in [0, 0.1) is 0 Å². The summed E-state index contributed by atoms with van der Waals surface area (Å²) in [5.74, 6) is -0.0472. The molecule has 1 amide bonds. The van der Waals surface area contributed by atoms with Crippen LogP contribution in [0.15, 0.2) is 18.2 Å². The zero-order valence-corrected chi connectivity index (χ0v) is 13.4. The van der Waals surface area contributed by atoms with E-state index in [-0.39, 0.29) is 16.3 Å². The molecule has 0 bridgehead atoms. The van der Waals surface area contributed by atoms with Gasteiger partial charge in [0.2, 0.25) is 5.91 Å². The third-order valence-corrected chi connectivity index (χ3v) is 5.35. The maximum absolute atomic E-state index is 11.8. The number of halogens is 1. The Morgan fingerprint density at radius 3 is 2.42 bits per heavy atom. The topological polar surface area (TPSA) is 46.2 Å². The normalized spacial score (nSPS) is 10.6. The van der Waals surface area contributed by atoms with E-state index in [1.54, 1.807) is 18.2 Å². The SMILES string of the molecule is CSC(SC)C(=O)NCc1ccc(C(C)=O)cc1Cl. The molecule has 1 N–H and O–H groups in total. The number of rotatable bonds is 6. The Morgan fingerprint density at radius 2 is 1.95 bits per heavy atom. The van der Waals surface area contributed by atoms with E-state index >= 15 is 0 Å². The van der Waals surface area contributed by atoms with E-state index in [9.17, 15) is 9.59 Å². The van der Waals surface area contributed by atoms with E-state index in [1.807, 2.05) is 12.5 Å². The summed E-state index contributed by atoms with van der Waals surface area (Å²) in [6.45, 7) is 1.86. The lowest BCUT2D eigenvalue weighted by Gasteiger charge is -2.12. The zero-order chi connectivity index (χ0) is 14.4. The lowest BCUT2D eigenvalue weighted by atomic mass is 10.1. The third kappa shape index (κ3) is 4.75. The lowest BCUT2D eigenvalue weighted by molar-refractivity contribution is -0.119. The molecule has 0 saturated carbocycles. The van der Waals surface area contributed by atoms with Gasteiger partial charge < -0.3 is 5.32 Å². The summed E-state index contributed by atoms with van der Waals surface area (Å²) in [4.78, 5) is 23.0. The second-order valence-electron chi connectivity index (χ2n) is 3.88. The van der Waals surface area contributed by atoms with Gasteiger partial charge in [-0.15, -0.1) is 23.5 Å². The number of Topliss-reactive ketones (excluding diaryl/α,β-unsaturated/α-hetero) is 1. The average molecular weight is 318 g/mol. The number of hydrogen-bond acceptors (Lipinski definition) is 4. The lowest BCUT2D eigenvalue weighted by Crippen LogP contribution is -2.30. The molecule has 0 spiro atoms. The monoisotopic (exact) mass is 317 g/mol. The van der Waals surface area contributed by atoms with E-state index in [1.165, 1.54) is 30.4 Å². The minimum atomic E-state index is -0.115. The predicted molar refractivity (Wildman–Crippen MR) is 84.1 cm³/mol. The van der Waals surface area contributed by atoms with Crippen molar-refractivity contribution in [2.75, 3.05) is 12.5 Å². The Hall–Kier alpha value is -0.650. The molecular weight excluding hydrogens is 302 g/mol. The molecule has 1 aromatic rings. The Balaban J connectivity index is 2.68. The fraction of sp³-hybridized carbons (Fsp3) is 0.385. The Labute approximate surface area is 126 Å². The van der Waals surface area contributed by atoms with Crippen molar-refractivity contribution in [3.8, 4) is 0 Å². The van der Waals surface area contributed by atoms with Gasteiger partial charge in [0.1, 0.15) is 4.58 Å². The second kappa shape index (κ2) is 7.82. The molecule has 0 aliphatic carbocycles. The molecule has 104 valence electrons. The number of carbonyl (C=O) groups excluding carboxylic acids is 2. The third-order valence-electron chi connectivity index (χ3n) is 2.55. The first-order valence-corrected chi connectivity index (χ1v) is 8.57. The molecular formula is C13H16ClNO2S2. The number of amides is 1. The van der Waals surface area contributed by atoms with Crippen LogP contribution < -0.4 is 5.32 Å². The molecule has 6 heteroatoms. The smallest absolute Gasteiger partial charge is 0.243 e. The highest BCUT2D eigenvalue weighted by molar-refractivity contribution is 8.17. The average Bonchev–Trinajstić information content (AvgIpc) is 2.38. The van der Waals surface area contributed by atoms with Gasteiger partial charge in [0.25, 0.3) is 0 Å². The van der Waals surface area contributed by atoms with Crippen molar-refractivity contribution in [2.24, 2.45) is 0 Å². The summed E-state index contributed by atoms with van der Waals surface area (Å²) in [5.41, 5.74) is 1.38. The van der Waals surface area contributed by atoms with Crippen LogP contribution in [-0.2, 0) is 11.3 Å². The van der Waals surface area contributed by atoms with Gasteiger partial charge in [-0.1, -0.05) is 23.7 Å². The van der Waals surface area contributed by atoms with Gasteiger partial charge in [-0.25, -0.2) is 0 Å². The van der Waals surface area contributed by atoms with Gasteiger partial charge in [0.05, 0.1) is 0 Å². The first-order chi connectivity index (χ1) is 8.99. The van der Waals surface area contributed by atoms with Gasteiger partial charge >= 0.3 is 0 Å². The van der Waals surface area contributed by atoms with Crippen LogP contribution in [-0.4, -0.2) is 28.8 Å². The largest absolute Gasteiger partial charge is 0.350 e. The molecule has 0 aromatic heterocycles. The number of hydrogen-bond donors (Lipinski definition) is 1. The molecule has 0 saturated heterocycles. The maximum Gasteiger partial charge on any atom is 0.243 e. The Morgan fingerprint density at radius 1 is 1.32 bits per heavy atom. The van der Waals surface area contributed by atoms with Crippen molar-refractivity contribution >= 4 is 46.8 Å². The Bertz CT molecular complexity index is 476. The van der Waals surface area contributed by atoms with Crippen molar-refractivity contribution < 1.29 is 9.59 Å². The molecule has 0 radical (unpaired) electrons. The summed E-state index contributed by atoms with van der Waals surface area (Å²) in [6.07, 6.45) is 3.80. The highest BCUT2D eigenvalue weighted by atomic mass is 35.5. The minimum absolute atomic E-state index is 0.0216. The zero-order valence-electron chi connectivity index (χ0n) is 11.0. The minimum Gasteiger partial charge on any atom is -0.350 e. The first-order valence-electron chi connectivity index (χ1n) is 5.62. The maximum atomic E-state index is 11.8. The number of ketones is 1. The van der Waals surface area contributed by atoms with Crippen LogP contribution in [0.25, 0.3) is 0 Å². The Kier molecular flexibility index (Phi) is 6.75. The molecule has 0 unspecified atom stereocenters. The summed E-state index contributed by atoms with van der Waals surface area (Å²) in [5, 5.41) is 3.34. The summed E-state index contributed by atoms with van der Waals surface area (Å²) >= 11 is 9.08. The summed E-state index contributed by atoms with van der Waals surface area (Å²) in [7, 11) is 0. The van der Waals surface area contributed by atoms with E-state index < -0.39 is 0 Å². The van der Waals surface area contributed by atoms with Gasteiger partial charge in [0, 0.05) is 17.1 Å². The van der Waals surface area contributed by atoms with Crippen molar-refractivity contribution in [1.82, 2.24) is 5.32 Å². The van der Waals surface area contributed by atoms with Crippen LogP contribution in [0.3, 0.4) is 0 Å². The predicted octanol–water partition coefficient (Wildman–Crippen LogP) is 3.21. The summed E-state index contributed by atoms with van der Waals surface area (Å²) in [6, 6.07) is 5.12. The van der Waals surface area contributed by atoms with Gasteiger partial charge in [-0.2, -0.15) is 0 Å². The van der Waals surface area contributed by atoms with Gasteiger partial charge in [-0.05, 0) is 31.1 Å².